The summed E-state index contributed by atoms with van der Waals surface area (Å²) in [6, 6.07) is 10.9. The fourth-order valence-corrected chi connectivity index (χ4v) is 2.27. The van der Waals surface area contributed by atoms with Crippen molar-refractivity contribution in [3.63, 3.8) is 0 Å². The van der Waals surface area contributed by atoms with Crippen LogP contribution in [0.3, 0.4) is 0 Å². The van der Waals surface area contributed by atoms with E-state index in [0.29, 0.717) is 0 Å². The fourth-order valence-electron chi connectivity index (χ4n) is 1.57. The Balaban J connectivity index is 2.87. The minimum absolute atomic E-state index is 1.19. The number of aryl methyl sites for hydroxylation is 2. The molecule has 0 radical (unpaired) electrons. The van der Waals surface area contributed by atoms with Crippen molar-refractivity contribution >= 4 is 26.7 Å². The number of fused-ring (bicyclic) bond motifs is 1. The number of benzene rings is 2. The SMILES string of the molecule is Cc1cc(Br)c2cc(C)ccc2c1. The first kappa shape index (κ1) is 8.76. The molecule has 0 aliphatic rings. The average Bonchev–Trinajstić information content (AvgIpc) is 2.06. The maximum atomic E-state index is 3.58. The first-order valence-corrected chi connectivity index (χ1v) is 5.12. The van der Waals surface area contributed by atoms with Crippen LogP contribution >= 0.6 is 15.9 Å². The van der Waals surface area contributed by atoms with Crippen LogP contribution < -0.4 is 0 Å². The van der Waals surface area contributed by atoms with E-state index in [1.807, 2.05) is 0 Å². The Bertz CT molecular complexity index is 458. The van der Waals surface area contributed by atoms with Crippen molar-refractivity contribution < 1.29 is 0 Å². The number of rotatable bonds is 0. The molecule has 0 saturated carbocycles. The second-order valence-electron chi connectivity index (χ2n) is 3.47. The van der Waals surface area contributed by atoms with Gasteiger partial charge in [0.15, 0.2) is 0 Å². The highest BCUT2D eigenvalue weighted by Crippen LogP contribution is 2.26. The van der Waals surface area contributed by atoms with Crippen molar-refractivity contribution in [1.29, 1.82) is 0 Å². The molecule has 0 heterocycles. The molecule has 0 atom stereocenters. The molecular formula is C12H11Br. The normalized spacial score (nSPS) is 10.7. The number of hydrogen-bond acceptors (Lipinski definition) is 0. The molecule has 0 aliphatic carbocycles. The van der Waals surface area contributed by atoms with Crippen LogP contribution in [0.15, 0.2) is 34.8 Å². The molecule has 0 aromatic heterocycles. The van der Waals surface area contributed by atoms with Gasteiger partial charge in [0.1, 0.15) is 0 Å². The predicted octanol–water partition coefficient (Wildman–Crippen LogP) is 4.22. The van der Waals surface area contributed by atoms with E-state index in [9.17, 15) is 0 Å². The van der Waals surface area contributed by atoms with E-state index in [0.717, 1.165) is 0 Å². The minimum atomic E-state index is 1.19. The van der Waals surface area contributed by atoms with Crippen molar-refractivity contribution in [2.45, 2.75) is 13.8 Å². The van der Waals surface area contributed by atoms with Crippen LogP contribution in [0.5, 0.6) is 0 Å². The Morgan fingerprint density at radius 2 is 1.69 bits per heavy atom. The summed E-state index contributed by atoms with van der Waals surface area (Å²) in [5, 5.41) is 2.60. The monoisotopic (exact) mass is 234 g/mol. The lowest BCUT2D eigenvalue weighted by Crippen LogP contribution is -1.79. The molecule has 0 nitrogen and oxygen atoms in total. The third-order valence-corrected chi connectivity index (χ3v) is 2.86. The van der Waals surface area contributed by atoms with E-state index in [4.69, 9.17) is 0 Å². The first-order chi connectivity index (χ1) is 6.16. The van der Waals surface area contributed by atoms with Gasteiger partial charge in [0, 0.05) is 4.47 Å². The van der Waals surface area contributed by atoms with Gasteiger partial charge in [0.2, 0.25) is 0 Å². The molecule has 0 fully saturated rings. The van der Waals surface area contributed by atoms with Crippen LogP contribution in [0, 0.1) is 13.8 Å². The van der Waals surface area contributed by atoms with Gasteiger partial charge < -0.3 is 0 Å². The van der Waals surface area contributed by atoms with Gasteiger partial charge in [-0.25, -0.2) is 0 Å². The summed E-state index contributed by atoms with van der Waals surface area (Å²) in [5.74, 6) is 0. The van der Waals surface area contributed by atoms with E-state index >= 15 is 0 Å². The molecule has 2 rings (SSSR count). The van der Waals surface area contributed by atoms with E-state index in [2.05, 4.69) is 60.1 Å². The maximum Gasteiger partial charge on any atom is 0.0256 e. The van der Waals surface area contributed by atoms with Gasteiger partial charge >= 0.3 is 0 Å². The molecule has 0 saturated heterocycles. The molecule has 0 aliphatic heterocycles. The van der Waals surface area contributed by atoms with Gasteiger partial charge in [-0.2, -0.15) is 0 Å². The topological polar surface area (TPSA) is 0 Å². The van der Waals surface area contributed by atoms with Gasteiger partial charge in [-0.3, -0.25) is 0 Å². The summed E-state index contributed by atoms with van der Waals surface area (Å²) in [6.07, 6.45) is 0. The third kappa shape index (κ3) is 1.61. The quantitative estimate of drug-likeness (QED) is 0.641. The second kappa shape index (κ2) is 3.15. The molecule has 2 aromatic carbocycles. The number of hydrogen-bond donors (Lipinski definition) is 0. The minimum Gasteiger partial charge on any atom is -0.0587 e. The summed E-state index contributed by atoms with van der Waals surface area (Å²) in [6.45, 7) is 4.23. The summed E-state index contributed by atoms with van der Waals surface area (Å²) >= 11 is 3.58. The Morgan fingerprint density at radius 3 is 2.46 bits per heavy atom. The van der Waals surface area contributed by atoms with E-state index in [1.54, 1.807) is 0 Å². The van der Waals surface area contributed by atoms with Crippen molar-refractivity contribution in [2.75, 3.05) is 0 Å². The van der Waals surface area contributed by atoms with Gasteiger partial charge in [-0.1, -0.05) is 45.8 Å². The van der Waals surface area contributed by atoms with Gasteiger partial charge in [0.05, 0.1) is 0 Å². The highest BCUT2D eigenvalue weighted by atomic mass is 79.9. The van der Waals surface area contributed by atoms with Gasteiger partial charge in [-0.05, 0) is 36.2 Å². The Kier molecular flexibility index (Phi) is 2.12. The third-order valence-electron chi connectivity index (χ3n) is 2.20. The van der Waals surface area contributed by atoms with Crippen molar-refractivity contribution in [3.8, 4) is 0 Å². The lowest BCUT2D eigenvalue weighted by atomic mass is 10.1. The molecule has 66 valence electrons. The molecule has 2 aromatic rings. The van der Waals surface area contributed by atoms with Gasteiger partial charge in [-0.15, -0.1) is 0 Å². The molecular weight excluding hydrogens is 224 g/mol. The van der Waals surface area contributed by atoms with Crippen LogP contribution in [-0.4, -0.2) is 0 Å². The standard InChI is InChI=1S/C12H11Br/c1-8-3-4-10-5-9(2)7-12(13)11(10)6-8/h3-7H,1-2H3. The van der Waals surface area contributed by atoms with Crippen molar-refractivity contribution in [3.05, 3.63) is 45.9 Å². The van der Waals surface area contributed by atoms with E-state index in [1.165, 1.54) is 26.4 Å². The smallest absolute Gasteiger partial charge is 0.0256 e. The highest BCUT2D eigenvalue weighted by molar-refractivity contribution is 9.10. The van der Waals surface area contributed by atoms with Crippen LogP contribution in [0.25, 0.3) is 10.8 Å². The zero-order valence-corrected chi connectivity index (χ0v) is 9.35. The fraction of sp³-hybridized carbons (Fsp3) is 0.167. The van der Waals surface area contributed by atoms with E-state index in [-0.39, 0.29) is 0 Å². The Labute approximate surface area is 86.7 Å². The first-order valence-electron chi connectivity index (χ1n) is 4.33. The van der Waals surface area contributed by atoms with Crippen LogP contribution in [0.2, 0.25) is 0 Å². The van der Waals surface area contributed by atoms with Crippen LogP contribution in [0.4, 0.5) is 0 Å². The van der Waals surface area contributed by atoms with Crippen LogP contribution in [0.1, 0.15) is 11.1 Å². The summed E-state index contributed by atoms with van der Waals surface area (Å²) < 4.78 is 1.19. The molecule has 0 unspecified atom stereocenters. The average molecular weight is 235 g/mol. The zero-order chi connectivity index (χ0) is 9.42. The highest BCUT2D eigenvalue weighted by Gasteiger charge is 1.99. The van der Waals surface area contributed by atoms with E-state index < -0.39 is 0 Å². The van der Waals surface area contributed by atoms with Crippen LogP contribution in [-0.2, 0) is 0 Å². The Morgan fingerprint density at radius 1 is 0.923 bits per heavy atom. The molecule has 13 heavy (non-hydrogen) atoms. The summed E-state index contributed by atoms with van der Waals surface area (Å²) in [4.78, 5) is 0. The zero-order valence-electron chi connectivity index (χ0n) is 7.76. The largest absolute Gasteiger partial charge is 0.0587 e. The Hall–Kier alpha value is -0.820. The summed E-state index contributed by atoms with van der Waals surface area (Å²) in [5.41, 5.74) is 2.60. The van der Waals surface area contributed by atoms with Gasteiger partial charge in [0.25, 0.3) is 0 Å². The summed E-state index contributed by atoms with van der Waals surface area (Å²) in [7, 11) is 0. The molecule has 0 bridgehead atoms. The number of halogens is 1. The second-order valence-corrected chi connectivity index (χ2v) is 4.33. The molecule has 0 amide bonds. The maximum absolute atomic E-state index is 3.58. The molecule has 1 heteroatoms. The van der Waals surface area contributed by atoms with Crippen molar-refractivity contribution in [2.24, 2.45) is 0 Å². The lowest BCUT2D eigenvalue weighted by Gasteiger charge is -2.03. The lowest BCUT2D eigenvalue weighted by molar-refractivity contribution is 1.46. The molecule has 0 spiro atoms. The molecule has 0 N–H and O–H groups in total. The van der Waals surface area contributed by atoms with Crippen molar-refractivity contribution in [1.82, 2.24) is 0 Å². The predicted molar refractivity (Wildman–Crippen MR) is 61.1 cm³/mol.